The van der Waals surface area contributed by atoms with E-state index in [0.29, 0.717) is 27.2 Å². The van der Waals surface area contributed by atoms with Gasteiger partial charge < -0.3 is 10.6 Å². The Kier molecular flexibility index (Phi) is 4.80. The van der Waals surface area contributed by atoms with Crippen LogP contribution in [0.3, 0.4) is 0 Å². The second-order valence-corrected chi connectivity index (χ2v) is 5.76. The van der Waals surface area contributed by atoms with Crippen molar-refractivity contribution in [2.24, 2.45) is 0 Å². The lowest BCUT2D eigenvalue weighted by molar-refractivity contribution is 1.17. The molecule has 2 aromatic carbocycles. The molecule has 0 amide bonds. The van der Waals surface area contributed by atoms with Crippen molar-refractivity contribution in [3.63, 3.8) is 0 Å². The first kappa shape index (κ1) is 16.1. The van der Waals surface area contributed by atoms with Crippen molar-refractivity contribution in [3.05, 3.63) is 70.5 Å². The Bertz CT molecular complexity index is 901. The number of hydrogen-bond acceptors (Lipinski definition) is 5. The molecule has 2 N–H and O–H groups in total. The highest BCUT2D eigenvalue weighted by atomic mass is 35.5. The second-order valence-electron chi connectivity index (χ2n) is 4.89. The number of halogens is 2. The van der Waals surface area contributed by atoms with Crippen molar-refractivity contribution >= 4 is 46.2 Å². The van der Waals surface area contributed by atoms with Crippen LogP contribution in [0.15, 0.2) is 54.9 Å². The third-order valence-electron chi connectivity index (χ3n) is 3.07. The number of aromatic nitrogens is 2. The van der Waals surface area contributed by atoms with Gasteiger partial charge in [0.25, 0.3) is 0 Å². The molecule has 1 aromatic heterocycles. The Balaban J connectivity index is 1.80. The van der Waals surface area contributed by atoms with Crippen LogP contribution in [-0.2, 0) is 0 Å². The number of nitriles is 1. The SMILES string of the molecule is N#Cc1cccc(Nc2cc(Nc3cc(Cl)cc(Cl)c3)ncn2)c1. The molecule has 0 fully saturated rings. The van der Waals surface area contributed by atoms with Crippen LogP contribution >= 0.6 is 23.2 Å². The van der Waals surface area contributed by atoms with E-state index in [-0.39, 0.29) is 0 Å². The first-order chi connectivity index (χ1) is 11.6. The van der Waals surface area contributed by atoms with Crippen molar-refractivity contribution in [2.45, 2.75) is 0 Å². The van der Waals surface area contributed by atoms with E-state index in [9.17, 15) is 0 Å². The van der Waals surface area contributed by atoms with Gasteiger partial charge >= 0.3 is 0 Å². The van der Waals surface area contributed by atoms with E-state index in [1.54, 1.807) is 42.5 Å². The fraction of sp³-hybridized carbons (Fsp3) is 0. The lowest BCUT2D eigenvalue weighted by atomic mass is 10.2. The van der Waals surface area contributed by atoms with Crippen LogP contribution in [0.1, 0.15) is 5.56 Å². The highest BCUT2D eigenvalue weighted by molar-refractivity contribution is 6.35. The number of nitrogens with one attached hydrogen (secondary N) is 2. The van der Waals surface area contributed by atoms with Crippen molar-refractivity contribution < 1.29 is 0 Å². The summed E-state index contributed by atoms with van der Waals surface area (Å²) in [5, 5.41) is 16.3. The van der Waals surface area contributed by atoms with Crippen LogP contribution in [0.2, 0.25) is 10.0 Å². The van der Waals surface area contributed by atoms with Crippen LogP contribution in [0.25, 0.3) is 0 Å². The summed E-state index contributed by atoms with van der Waals surface area (Å²) >= 11 is 12.0. The fourth-order valence-electron chi connectivity index (χ4n) is 2.08. The smallest absolute Gasteiger partial charge is 0.135 e. The Morgan fingerprint density at radius 1 is 0.833 bits per heavy atom. The molecule has 0 saturated carbocycles. The predicted octanol–water partition coefficient (Wildman–Crippen LogP) is 5.14. The quantitative estimate of drug-likeness (QED) is 0.677. The van der Waals surface area contributed by atoms with Crippen molar-refractivity contribution in [2.75, 3.05) is 10.6 Å². The molecular formula is C17H11Cl2N5. The van der Waals surface area contributed by atoms with Gasteiger partial charge in [0.2, 0.25) is 0 Å². The minimum atomic E-state index is 0.533. The molecule has 3 aromatic rings. The van der Waals surface area contributed by atoms with E-state index in [2.05, 4.69) is 26.7 Å². The summed E-state index contributed by atoms with van der Waals surface area (Å²) in [6, 6.07) is 16.1. The van der Waals surface area contributed by atoms with Gasteiger partial charge in [-0.1, -0.05) is 29.3 Å². The maximum atomic E-state index is 8.95. The van der Waals surface area contributed by atoms with E-state index in [1.807, 2.05) is 6.07 Å². The molecule has 0 aliphatic heterocycles. The molecule has 5 nitrogen and oxygen atoms in total. The average molecular weight is 356 g/mol. The summed E-state index contributed by atoms with van der Waals surface area (Å²) in [7, 11) is 0. The summed E-state index contributed by atoms with van der Waals surface area (Å²) in [5.41, 5.74) is 2.06. The van der Waals surface area contributed by atoms with E-state index in [4.69, 9.17) is 28.5 Å². The second kappa shape index (κ2) is 7.18. The van der Waals surface area contributed by atoms with Gasteiger partial charge in [-0.05, 0) is 36.4 Å². The largest absolute Gasteiger partial charge is 0.340 e. The summed E-state index contributed by atoms with van der Waals surface area (Å²) in [5.74, 6) is 1.18. The summed E-state index contributed by atoms with van der Waals surface area (Å²) in [6.07, 6.45) is 1.44. The van der Waals surface area contributed by atoms with Gasteiger partial charge in [0.15, 0.2) is 0 Å². The van der Waals surface area contributed by atoms with Gasteiger partial charge in [0, 0.05) is 27.5 Å². The van der Waals surface area contributed by atoms with E-state index >= 15 is 0 Å². The predicted molar refractivity (Wildman–Crippen MR) is 96.2 cm³/mol. The van der Waals surface area contributed by atoms with E-state index in [1.165, 1.54) is 6.33 Å². The van der Waals surface area contributed by atoms with Crippen molar-refractivity contribution in [1.29, 1.82) is 5.26 Å². The van der Waals surface area contributed by atoms with Crippen LogP contribution in [0, 0.1) is 11.3 Å². The minimum absolute atomic E-state index is 0.533. The summed E-state index contributed by atoms with van der Waals surface area (Å²) < 4.78 is 0. The Hall–Kier alpha value is -2.81. The van der Waals surface area contributed by atoms with E-state index in [0.717, 1.165) is 11.4 Å². The topological polar surface area (TPSA) is 73.6 Å². The van der Waals surface area contributed by atoms with E-state index < -0.39 is 0 Å². The molecule has 0 radical (unpaired) electrons. The maximum absolute atomic E-state index is 8.95. The molecule has 1 heterocycles. The number of nitrogens with zero attached hydrogens (tertiary/aromatic N) is 3. The average Bonchev–Trinajstić information content (AvgIpc) is 2.54. The van der Waals surface area contributed by atoms with Crippen LogP contribution in [0.5, 0.6) is 0 Å². The van der Waals surface area contributed by atoms with Crippen LogP contribution in [-0.4, -0.2) is 9.97 Å². The molecule has 0 bridgehead atoms. The molecule has 0 unspecified atom stereocenters. The molecule has 118 valence electrons. The molecule has 0 spiro atoms. The molecule has 0 aliphatic rings. The lowest BCUT2D eigenvalue weighted by Gasteiger charge is -2.09. The molecule has 3 rings (SSSR count). The van der Waals surface area contributed by atoms with Gasteiger partial charge in [-0.2, -0.15) is 5.26 Å². The number of hydrogen-bond donors (Lipinski definition) is 2. The molecule has 0 atom stereocenters. The third-order valence-corrected chi connectivity index (χ3v) is 3.50. The highest BCUT2D eigenvalue weighted by Crippen LogP contribution is 2.25. The van der Waals surface area contributed by atoms with Gasteiger partial charge in [-0.3, -0.25) is 0 Å². The zero-order valence-corrected chi connectivity index (χ0v) is 13.8. The Morgan fingerprint density at radius 2 is 1.50 bits per heavy atom. The minimum Gasteiger partial charge on any atom is -0.340 e. The lowest BCUT2D eigenvalue weighted by Crippen LogP contribution is -1.98. The van der Waals surface area contributed by atoms with Gasteiger partial charge in [-0.25, -0.2) is 9.97 Å². The van der Waals surface area contributed by atoms with Gasteiger partial charge in [-0.15, -0.1) is 0 Å². The number of benzene rings is 2. The first-order valence-corrected chi connectivity index (χ1v) is 7.70. The summed E-state index contributed by atoms with van der Waals surface area (Å²) in [4.78, 5) is 8.34. The number of rotatable bonds is 4. The van der Waals surface area contributed by atoms with Crippen molar-refractivity contribution in [3.8, 4) is 6.07 Å². The summed E-state index contributed by atoms with van der Waals surface area (Å²) in [6.45, 7) is 0. The Morgan fingerprint density at radius 3 is 2.17 bits per heavy atom. The highest BCUT2D eigenvalue weighted by Gasteiger charge is 2.03. The molecule has 0 aliphatic carbocycles. The van der Waals surface area contributed by atoms with Gasteiger partial charge in [0.05, 0.1) is 11.6 Å². The van der Waals surface area contributed by atoms with Crippen LogP contribution in [0.4, 0.5) is 23.0 Å². The standard InChI is InChI=1S/C17H11Cl2N5/c18-12-5-13(19)7-15(6-12)24-17-8-16(21-10-22-17)23-14-3-1-2-11(4-14)9-20/h1-8,10H,(H2,21,22,23,24). The molecule has 24 heavy (non-hydrogen) atoms. The Labute approximate surface area is 148 Å². The van der Waals surface area contributed by atoms with Crippen LogP contribution < -0.4 is 10.6 Å². The first-order valence-electron chi connectivity index (χ1n) is 6.95. The molecular weight excluding hydrogens is 345 g/mol. The third kappa shape index (κ3) is 4.13. The fourth-order valence-corrected chi connectivity index (χ4v) is 2.61. The zero-order chi connectivity index (χ0) is 16.9. The molecule has 7 heteroatoms. The zero-order valence-electron chi connectivity index (χ0n) is 12.3. The monoisotopic (exact) mass is 355 g/mol. The maximum Gasteiger partial charge on any atom is 0.135 e. The van der Waals surface area contributed by atoms with Crippen molar-refractivity contribution in [1.82, 2.24) is 9.97 Å². The van der Waals surface area contributed by atoms with Gasteiger partial charge in [0.1, 0.15) is 18.0 Å². The molecule has 0 saturated heterocycles. The normalized spacial score (nSPS) is 10.0. The number of anilines is 4.